The highest BCUT2D eigenvalue weighted by atomic mass is 16.5. The molecule has 0 radical (unpaired) electrons. The van der Waals surface area contributed by atoms with Crippen molar-refractivity contribution in [3.8, 4) is 5.75 Å². The molecule has 26 heavy (non-hydrogen) atoms. The first-order valence-electron chi connectivity index (χ1n) is 10.2. The van der Waals surface area contributed by atoms with E-state index in [1.807, 2.05) is 6.08 Å². The maximum atomic E-state index is 10.6. The van der Waals surface area contributed by atoms with Crippen LogP contribution in [0.2, 0.25) is 0 Å². The summed E-state index contributed by atoms with van der Waals surface area (Å²) in [5.74, 6) is 3.30. The molecule has 0 saturated heterocycles. The molecule has 2 saturated carbocycles. The van der Waals surface area contributed by atoms with E-state index in [1.165, 1.54) is 56.9 Å². The van der Waals surface area contributed by atoms with E-state index in [4.69, 9.17) is 9.84 Å². The van der Waals surface area contributed by atoms with E-state index in [-0.39, 0.29) is 6.42 Å². The first-order valence-corrected chi connectivity index (χ1v) is 10.2. The van der Waals surface area contributed by atoms with Gasteiger partial charge in [-0.15, -0.1) is 0 Å². The molecule has 2 fully saturated rings. The summed E-state index contributed by atoms with van der Waals surface area (Å²) < 4.78 is 5.26. The predicted molar refractivity (Wildman–Crippen MR) is 105 cm³/mol. The lowest BCUT2D eigenvalue weighted by molar-refractivity contribution is -0.136. The van der Waals surface area contributed by atoms with Crippen LogP contribution in [-0.4, -0.2) is 18.2 Å². The molecule has 1 aromatic rings. The lowest BCUT2D eigenvalue weighted by atomic mass is 9.68. The van der Waals surface area contributed by atoms with Gasteiger partial charge in [0.25, 0.3) is 0 Å². The number of hydrogen-bond acceptors (Lipinski definition) is 2. The molecule has 3 nitrogen and oxygen atoms in total. The molecule has 1 N–H and O–H groups in total. The molecule has 3 rings (SSSR count). The molecule has 3 heteroatoms. The van der Waals surface area contributed by atoms with Crippen LogP contribution >= 0.6 is 0 Å². The molecule has 0 heterocycles. The van der Waals surface area contributed by atoms with Crippen molar-refractivity contribution >= 4 is 5.97 Å². The van der Waals surface area contributed by atoms with Gasteiger partial charge in [-0.2, -0.15) is 0 Å². The molecular weight excluding hydrogens is 324 g/mol. The van der Waals surface area contributed by atoms with Gasteiger partial charge in [0, 0.05) is 0 Å². The first-order chi connectivity index (χ1) is 12.7. The Morgan fingerprint density at radius 2 is 1.58 bits per heavy atom. The largest absolute Gasteiger partial charge is 0.497 e. The second kappa shape index (κ2) is 9.25. The van der Waals surface area contributed by atoms with Crippen molar-refractivity contribution in [2.75, 3.05) is 7.11 Å². The number of rotatable bonds is 6. The average Bonchev–Trinajstić information content (AvgIpc) is 2.68. The minimum Gasteiger partial charge on any atom is -0.497 e. The number of benzene rings is 1. The van der Waals surface area contributed by atoms with Crippen LogP contribution in [0.15, 0.2) is 36.4 Å². The van der Waals surface area contributed by atoms with Crippen molar-refractivity contribution in [1.82, 2.24) is 0 Å². The topological polar surface area (TPSA) is 46.5 Å². The molecule has 0 aromatic heterocycles. The van der Waals surface area contributed by atoms with Crippen molar-refractivity contribution < 1.29 is 14.6 Å². The zero-order chi connectivity index (χ0) is 18.4. The second-order valence-electron chi connectivity index (χ2n) is 8.09. The molecule has 0 bridgehead atoms. The Kier molecular flexibility index (Phi) is 6.76. The Morgan fingerprint density at radius 3 is 2.12 bits per heavy atom. The van der Waals surface area contributed by atoms with Crippen LogP contribution in [0.3, 0.4) is 0 Å². The molecule has 2 aliphatic carbocycles. The Morgan fingerprint density at radius 1 is 1.00 bits per heavy atom. The third-order valence-corrected chi connectivity index (χ3v) is 6.54. The van der Waals surface area contributed by atoms with Crippen molar-refractivity contribution in [2.24, 2.45) is 17.8 Å². The number of allylic oxidation sites excluding steroid dienone is 1. The summed E-state index contributed by atoms with van der Waals surface area (Å²) in [5.41, 5.74) is 1.47. The third kappa shape index (κ3) is 5.12. The van der Waals surface area contributed by atoms with Gasteiger partial charge in [0.1, 0.15) is 5.75 Å². The van der Waals surface area contributed by atoms with Crippen LogP contribution in [0.1, 0.15) is 69.3 Å². The molecule has 0 atom stereocenters. The Hall–Kier alpha value is -1.77. The lowest BCUT2D eigenvalue weighted by Gasteiger charge is -2.37. The molecular formula is C23H32O3. The number of hydrogen-bond donors (Lipinski definition) is 1. The number of carboxylic acids is 1. The van der Waals surface area contributed by atoms with E-state index in [1.54, 1.807) is 7.11 Å². The summed E-state index contributed by atoms with van der Waals surface area (Å²) in [7, 11) is 1.72. The van der Waals surface area contributed by atoms with E-state index < -0.39 is 5.97 Å². The fourth-order valence-electron chi connectivity index (χ4n) is 4.97. The molecule has 2 aliphatic rings. The van der Waals surface area contributed by atoms with Gasteiger partial charge in [-0.05, 0) is 92.7 Å². The SMILES string of the molecule is COc1ccc(C2CCC(C3CCC(C=CCC(=O)O)CC3)CC2)cc1. The Bertz CT molecular complexity index is 588. The zero-order valence-corrected chi connectivity index (χ0v) is 15.9. The summed E-state index contributed by atoms with van der Waals surface area (Å²) in [6.45, 7) is 0. The molecule has 0 amide bonds. The fourth-order valence-corrected chi connectivity index (χ4v) is 4.97. The normalized spacial score (nSPS) is 29.6. The van der Waals surface area contributed by atoms with Crippen LogP contribution in [0.4, 0.5) is 0 Å². The molecule has 0 spiro atoms. The van der Waals surface area contributed by atoms with E-state index in [0.717, 1.165) is 17.6 Å². The van der Waals surface area contributed by atoms with Crippen molar-refractivity contribution in [3.63, 3.8) is 0 Å². The lowest BCUT2D eigenvalue weighted by Crippen LogP contribution is -2.25. The van der Waals surface area contributed by atoms with Gasteiger partial charge in [-0.1, -0.05) is 24.3 Å². The molecule has 0 unspecified atom stereocenters. The minimum absolute atomic E-state index is 0.162. The monoisotopic (exact) mass is 356 g/mol. The van der Waals surface area contributed by atoms with Gasteiger partial charge in [0.15, 0.2) is 0 Å². The van der Waals surface area contributed by atoms with Crippen LogP contribution < -0.4 is 4.74 Å². The molecule has 0 aliphatic heterocycles. The standard InChI is InChI=1S/C23H32O3/c1-26-22-15-13-21(14-16-22)20-11-9-19(10-12-20)18-7-5-17(6-8-18)3-2-4-23(24)25/h2-3,13-20H,4-12H2,1H3,(H,24,25). The number of carbonyl (C=O) groups is 1. The summed E-state index contributed by atoms with van der Waals surface area (Å²) in [5, 5.41) is 8.73. The number of ether oxygens (including phenoxy) is 1. The van der Waals surface area contributed by atoms with E-state index >= 15 is 0 Å². The highest BCUT2D eigenvalue weighted by Gasteiger charge is 2.30. The van der Waals surface area contributed by atoms with Crippen LogP contribution in [0, 0.1) is 17.8 Å². The van der Waals surface area contributed by atoms with Crippen molar-refractivity contribution in [1.29, 1.82) is 0 Å². The van der Waals surface area contributed by atoms with Crippen LogP contribution in [0.5, 0.6) is 5.75 Å². The van der Waals surface area contributed by atoms with E-state index in [0.29, 0.717) is 11.8 Å². The van der Waals surface area contributed by atoms with Gasteiger partial charge in [-0.25, -0.2) is 0 Å². The van der Waals surface area contributed by atoms with Gasteiger partial charge in [0.05, 0.1) is 13.5 Å². The highest BCUT2D eigenvalue weighted by Crippen LogP contribution is 2.44. The van der Waals surface area contributed by atoms with Crippen molar-refractivity contribution in [3.05, 3.63) is 42.0 Å². The van der Waals surface area contributed by atoms with Crippen LogP contribution in [0.25, 0.3) is 0 Å². The van der Waals surface area contributed by atoms with E-state index in [2.05, 4.69) is 30.3 Å². The van der Waals surface area contributed by atoms with Gasteiger partial charge < -0.3 is 9.84 Å². The molecule has 1 aromatic carbocycles. The van der Waals surface area contributed by atoms with Crippen LogP contribution in [-0.2, 0) is 4.79 Å². The zero-order valence-electron chi connectivity index (χ0n) is 15.9. The smallest absolute Gasteiger partial charge is 0.307 e. The maximum Gasteiger partial charge on any atom is 0.307 e. The minimum atomic E-state index is -0.733. The first kappa shape index (κ1) is 19.0. The van der Waals surface area contributed by atoms with Crippen molar-refractivity contribution in [2.45, 2.75) is 63.7 Å². The number of aliphatic carboxylic acids is 1. The second-order valence-corrected chi connectivity index (χ2v) is 8.09. The maximum absolute atomic E-state index is 10.6. The number of carboxylic acid groups (broad SMARTS) is 1. The Labute approximate surface area is 157 Å². The summed E-state index contributed by atoms with van der Waals surface area (Å²) in [6, 6.07) is 8.64. The van der Waals surface area contributed by atoms with E-state index in [9.17, 15) is 4.79 Å². The van der Waals surface area contributed by atoms with Gasteiger partial charge >= 0.3 is 5.97 Å². The molecule has 142 valence electrons. The fraction of sp³-hybridized carbons (Fsp3) is 0.609. The summed E-state index contributed by atoms with van der Waals surface area (Å²) in [4.78, 5) is 10.6. The Balaban J connectivity index is 1.42. The third-order valence-electron chi connectivity index (χ3n) is 6.54. The average molecular weight is 357 g/mol. The number of methoxy groups -OCH3 is 1. The summed E-state index contributed by atoms with van der Waals surface area (Å²) >= 11 is 0. The van der Waals surface area contributed by atoms with Gasteiger partial charge in [-0.3, -0.25) is 4.79 Å². The quantitative estimate of drug-likeness (QED) is 0.655. The highest BCUT2D eigenvalue weighted by molar-refractivity contribution is 5.68. The summed E-state index contributed by atoms with van der Waals surface area (Å²) in [6.07, 6.45) is 14.6. The van der Waals surface area contributed by atoms with Gasteiger partial charge in [0.2, 0.25) is 0 Å². The predicted octanol–water partition coefficient (Wildman–Crippen LogP) is 5.81.